The largest absolute Gasteiger partial charge is 0.0783 e. The van der Waals surface area contributed by atoms with Crippen LogP contribution in [-0.4, -0.2) is 8.07 Å². The maximum Gasteiger partial charge on any atom is 0.0783 e. The quantitative estimate of drug-likeness (QED) is 0.614. The monoisotopic (exact) mass is 202 g/mol. The van der Waals surface area contributed by atoms with E-state index in [1.54, 1.807) is 5.19 Å². The van der Waals surface area contributed by atoms with Crippen molar-refractivity contribution in [3.05, 3.63) is 34.9 Å². The summed E-state index contributed by atoms with van der Waals surface area (Å²) in [6, 6.07) is 6.81. The number of allylic oxidation sites excluding steroid dienone is 1. The number of rotatable bonds is 1. The molecule has 14 heavy (non-hydrogen) atoms. The van der Waals surface area contributed by atoms with Crippen LogP contribution in [0.3, 0.4) is 0 Å². The van der Waals surface area contributed by atoms with Gasteiger partial charge in [-0.05, 0) is 24.5 Å². The average molecular weight is 202 g/mol. The zero-order chi connectivity index (χ0) is 10.3. The summed E-state index contributed by atoms with van der Waals surface area (Å²) in [4.78, 5) is 0. The first-order valence-electron chi connectivity index (χ1n) is 5.28. The SMILES string of the molecule is CC1=Cc2c(cccc2[Si](C)(C)C)C1. The molecular formula is C13H18Si. The van der Waals surface area contributed by atoms with Crippen molar-refractivity contribution in [1.82, 2.24) is 0 Å². The van der Waals surface area contributed by atoms with Gasteiger partial charge in [0.15, 0.2) is 0 Å². The van der Waals surface area contributed by atoms with Crippen molar-refractivity contribution in [2.45, 2.75) is 33.0 Å². The molecule has 0 unspecified atom stereocenters. The Hall–Kier alpha value is -0.823. The summed E-state index contributed by atoms with van der Waals surface area (Å²) in [6.45, 7) is 9.49. The Kier molecular flexibility index (Phi) is 2.15. The van der Waals surface area contributed by atoms with Crippen LogP contribution in [0.25, 0.3) is 6.08 Å². The molecule has 0 aliphatic heterocycles. The Balaban J connectivity index is 2.59. The minimum atomic E-state index is -1.16. The number of hydrogen-bond donors (Lipinski definition) is 0. The van der Waals surface area contributed by atoms with Crippen LogP contribution < -0.4 is 5.19 Å². The molecule has 0 bridgehead atoms. The molecule has 0 aromatic heterocycles. The second kappa shape index (κ2) is 3.09. The summed E-state index contributed by atoms with van der Waals surface area (Å²) in [5, 5.41) is 1.62. The first kappa shape index (κ1) is 9.72. The van der Waals surface area contributed by atoms with E-state index in [1.165, 1.54) is 16.7 Å². The molecule has 2 rings (SSSR count). The van der Waals surface area contributed by atoms with E-state index in [0.29, 0.717) is 0 Å². The summed E-state index contributed by atoms with van der Waals surface area (Å²) >= 11 is 0. The van der Waals surface area contributed by atoms with Gasteiger partial charge in [-0.2, -0.15) is 0 Å². The maximum absolute atomic E-state index is 2.42. The topological polar surface area (TPSA) is 0 Å². The van der Waals surface area contributed by atoms with Crippen LogP contribution >= 0.6 is 0 Å². The van der Waals surface area contributed by atoms with Crippen LogP contribution in [0.2, 0.25) is 19.6 Å². The van der Waals surface area contributed by atoms with Gasteiger partial charge in [0, 0.05) is 0 Å². The van der Waals surface area contributed by atoms with Crippen LogP contribution in [0, 0.1) is 0 Å². The van der Waals surface area contributed by atoms with Gasteiger partial charge in [0.2, 0.25) is 0 Å². The van der Waals surface area contributed by atoms with Gasteiger partial charge in [0.1, 0.15) is 0 Å². The molecule has 1 aromatic carbocycles. The lowest BCUT2D eigenvalue weighted by Crippen LogP contribution is -2.39. The number of benzene rings is 1. The second-order valence-electron chi connectivity index (χ2n) is 5.30. The van der Waals surface area contributed by atoms with E-state index in [1.807, 2.05) is 0 Å². The van der Waals surface area contributed by atoms with Gasteiger partial charge in [-0.25, -0.2) is 0 Å². The van der Waals surface area contributed by atoms with Crippen LogP contribution in [0.4, 0.5) is 0 Å². The Morgan fingerprint density at radius 2 is 1.86 bits per heavy atom. The van der Waals surface area contributed by atoms with Crippen molar-refractivity contribution in [3.8, 4) is 0 Å². The van der Waals surface area contributed by atoms with E-state index < -0.39 is 8.07 Å². The van der Waals surface area contributed by atoms with Gasteiger partial charge in [0.25, 0.3) is 0 Å². The lowest BCUT2D eigenvalue weighted by Gasteiger charge is -2.19. The molecule has 0 fully saturated rings. The zero-order valence-electron chi connectivity index (χ0n) is 9.52. The molecule has 0 amide bonds. The van der Waals surface area contributed by atoms with E-state index in [9.17, 15) is 0 Å². The zero-order valence-corrected chi connectivity index (χ0v) is 10.5. The van der Waals surface area contributed by atoms with E-state index in [4.69, 9.17) is 0 Å². The average Bonchev–Trinajstić information content (AvgIpc) is 2.41. The minimum Gasteiger partial charge on any atom is -0.0683 e. The second-order valence-corrected chi connectivity index (χ2v) is 10.3. The predicted molar refractivity (Wildman–Crippen MR) is 66.8 cm³/mol. The van der Waals surface area contributed by atoms with Crippen molar-refractivity contribution in [2.75, 3.05) is 0 Å². The van der Waals surface area contributed by atoms with Crippen molar-refractivity contribution >= 4 is 19.3 Å². The van der Waals surface area contributed by atoms with E-state index in [-0.39, 0.29) is 0 Å². The fourth-order valence-electron chi connectivity index (χ4n) is 2.19. The van der Waals surface area contributed by atoms with Gasteiger partial charge in [-0.1, -0.05) is 54.7 Å². The van der Waals surface area contributed by atoms with Crippen LogP contribution in [0.15, 0.2) is 23.8 Å². The lowest BCUT2D eigenvalue weighted by atomic mass is 10.1. The van der Waals surface area contributed by atoms with E-state index in [0.717, 1.165) is 6.42 Å². The molecule has 1 aromatic rings. The van der Waals surface area contributed by atoms with Gasteiger partial charge in [-0.15, -0.1) is 0 Å². The summed E-state index contributed by atoms with van der Waals surface area (Å²) < 4.78 is 0. The standard InChI is InChI=1S/C13H18Si/c1-10-8-11-6-5-7-13(12(11)9-10)14(2,3)4/h5-7,9H,8H2,1-4H3. The predicted octanol–water partition coefficient (Wildman–Crippen LogP) is 3.19. The highest BCUT2D eigenvalue weighted by atomic mass is 28.3. The number of hydrogen-bond acceptors (Lipinski definition) is 0. The van der Waals surface area contributed by atoms with Crippen LogP contribution in [0.5, 0.6) is 0 Å². The Labute approximate surface area is 87.7 Å². The lowest BCUT2D eigenvalue weighted by molar-refractivity contribution is 1.20. The molecule has 0 atom stereocenters. The van der Waals surface area contributed by atoms with Gasteiger partial charge in [-0.3, -0.25) is 0 Å². The van der Waals surface area contributed by atoms with Crippen molar-refractivity contribution in [1.29, 1.82) is 0 Å². The first-order chi connectivity index (χ1) is 6.48. The molecule has 0 saturated heterocycles. The first-order valence-corrected chi connectivity index (χ1v) is 8.78. The fourth-order valence-corrected chi connectivity index (χ4v) is 3.83. The summed E-state index contributed by atoms with van der Waals surface area (Å²) in [7, 11) is -1.16. The number of fused-ring (bicyclic) bond motifs is 1. The highest BCUT2D eigenvalue weighted by Crippen LogP contribution is 2.24. The summed E-state index contributed by atoms with van der Waals surface area (Å²) in [6.07, 6.45) is 3.54. The molecule has 0 saturated carbocycles. The van der Waals surface area contributed by atoms with Crippen molar-refractivity contribution < 1.29 is 0 Å². The Morgan fingerprint density at radius 3 is 2.50 bits per heavy atom. The third-order valence-electron chi connectivity index (χ3n) is 2.86. The smallest absolute Gasteiger partial charge is 0.0683 e. The molecule has 1 aliphatic rings. The molecule has 0 nitrogen and oxygen atoms in total. The third-order valence-corrected chi connectivity index (χ3v) is 4.92. The van der Waals surface area contributed by atoms with Gasteiger partial charge < -0.3 is 0 Å². The molecule has 1 aliphatic carbocycles. The Bertz CT molecular complexity index is 394. The Morgan fingerprint density at radius 1 is 1.14 bits per heavy atom. The third kappa shape index (κ3) is 1.57. The molecule has 74 valence electrons. The van der Waals surface area contributed by atoms with Crippen LogP contribution in [-0.2, 0) is 6.42 Å². The molecule has 0 radical (unpaired) electrons. The highest BCUT2D eigenvalue weighted by Gasteiger charge is 2.22. The molecule has 0 spiro atoms. The fraction of sp³-hybridized carbons (Fsp3) is 0.385. The highest BCUT2D eigenvalue weighted by molar-refractivity contribution is 6.89. The molecular weight excluding hydrogens is 184 g/mol. The van der Waals surface area contributed by atoms with Gasteiger partial charge >= 0.3 is 0 Å². The summed E-state index contributed by atoms with van der Waals surface area (Å²) in [5.41, 5.74) is 4.57. The molecule has 1 heteroatoms. The van der Waals surface area contributed by atoms with Gasteiger partial charge in [0.05, 0.1) is 8.07 Å². The maximum atomic E-state index is 2.42. The van der Waals surface area contributed by atoms with Crippen LogP contribution in [0.1, 0.15) is 18.1 Å². The van der Waals surface area contributed by atoms with Crippen molar-refractivity contribution in [3.63, 3.8) is 0 Å². The van der Waals surface area contributed by atoms with E-state index in [2.05, 4.69) is 50.8 Å². The minimum absolute atomic E-state index is 1.16. The summed E-state index contributed by atoms with van der Waals surface area (Å²) in [5.74, 6) is 0. The molecule has 0 heterocycles. The molecule has 0 N–H and O–H groups in total. The normalized spacial score (nSPS) is 15.3. The van der Waals surface area contributed by atoms with E-state index >= 15 is 0 Å². The van der Waals surface area contributed by atoms with Crippen molar-refractivity contribution in [2.24, 2.45) is 0 Å².